The molecular weight excluding hydrogens is 386 g/mol. The minimum absolute atomic E-state index is 0.0581. The highest BCUT2D eigenvalue weighted by molar-refractivity contribution is 8.00. The van der Waals surface area contributed by atoms with Gasteiger partial charge in [-0.3, -0.25) is 0 Å². The molecule has 2 aromatic heterocycles. The molecule has 0 aliphatic rings. The topological polar surface area (TPSA) is 121 Å². The molecule has 9 nitrogen and oxygen atoms in total. The number of anilines is 3. The molecule has 3 aromatic rings. The van der Waals surface area contributed by atoms with Crippen LogP contribution in [-0.2, 0) is 5.75 Å². The Morgan fingerprint density at radius 1 is 1.19 bits per heavy atom. The number of rotatable bonds is 8. The molecule has 0 bridgehead atoms. The number of para-hydroxylation sites is 2. The summed E-state index contributed by atoms with van der Waals surface area (Å²) in [5.41, 5.74) is 6.56. The van der Waals surface area contributed by atoms with Crippen molar-refractivity contribution >= 4 is 40.7 Å². The smallest absolute Gasteiger partial charge is 0.295 e. The molecule has 3 rings (SSSR count). The third-order valence-corrected chi connectivity index (χ3v) is 5.05. The summed E-state index contributed by atoms with van der Waals surface area (Å²) >= 11 is 2.84. The molecule has 142 valence electrons. The number of hydrogen-bond donors (Lipinski definition) is 2. The van der Waals surface area contributed by atoms with Gasteiger partial charge in [0.05, 0.1) is 24.7 Å². The minimum Gasteiger partial charge on any atom is -0.495 e. The maximum Gasteiger partial charge on any atom is 0.295 e. The van der Waals surface area contributed by atoms with E-state index in [1.807, 2.05) is 38.1 Å². The van der Waals surface area contributed by atoms with Gasteiger partial charge in [-0.25, -0.2) is 0 Å². The number of ether oxygens (including phenoxy) is 2. The van der Waals surface area contributed by atoms with Gasteiger partial charge in [0.25, 0.3) is 5.19 Å². The molecular formula is C16H19N7O2S2. The summed E-state index contributed by atoms with van der Waals surface area (Å²) in [7, 11) is 1.60. The van der Waals surface area contributed by atoms with Gasteiger partial charge >= 0.3 is 0 Å². The van der Waals surface area contributed by atoms with E-state index in [1.54, 1.807) is 7.11 Å². The van der Waals surface area contributed by atoms with Crippen molar-refractivity contribution in [1.29, 1.82) is 0 Å². The van der Waals surface area contributed by atoms with E-state index in [0.717, 1.165) is 10.0 Å². The highest BCUT2D eigenvalue weighted by Gasteiger charge is 2.11. The minimum atomic E-state index is 0.0581. The van der Waals surface area contributed by atoms with E-state index in [-0.39, 0.29) is 12.1 Å². The van der Waals surface area contributed by atoms with E-state index >= 15 is 0 Å². The molecule has 1 aromatic carbocycles. The molecule has 0 amide bonds. The first-order valence-electron chi connectivity index (χ1n) is 8.07. The summed E-state index contributed by atoms with van der Waals surface area (Å²) in [6.07, 6.45) is 0.0581. The van der Waals surface area contributed by atoms with Crippen LogP contribution in [0.25, 0.3) is 0 Å². The average molecular weight is 406 g/mol. The van der Waals surface area contributed by atoms with Crippen LogP contribution in [0.2, 0.25) is 0 Å². The quantitative estimate of drug-likeness (QED) is 0.540. The fourth-order valence-corrected chi connectivity index (χ4v) is 3.72. The van der Waals surface area contributed by atoms with E-state index in [1.165, 1.54) is 23.1 Å². The van der Waals surface area contributed by atoms with Crippen LogP contribution in [0, 0.1) is 0 Å². The molecule has 0 aliphatic carbocycles. The Hall–Kier alpha value is -2.66. The Morgan fingerprint density at radius 2 is 2.00 bits per heavy atom. The lowest BCUT2D eigenvalue weighted by molar-refractivity contribution is 0.239. The first kappa shape index (κ1) is 19.1. The average Bonchev–Trinajstić information content (AvgIpc) is 3.06. The van der Waals surface area contributed by atoms with E-state index in [2.05, 4.69) is 30.5 Å². The van der Waals surface area contributed by atoms with Gasteiger partial charge in [0, 0.05) is 0 Å². The van der Waals surface area contributed by atoms with Crippen molar-refractivity contribution in [3.8, 4) is 10.9 Å². The zero-order valence-corrected chi connectivity index (χ0v) is 16.7. The summed E-state index contributed by atoms with van der Waals surface area (Å²) in [6, 6.07) is 7.48. The Morgan fingerprint density at radius 3 is 2.78 bits per heavy atom. The third-order valence-electron chi connectivity index (χ3n) is 3.10. The van der Waals surface area contributed by atoms with Crippen LogP contribution < -0.4 is 20.5 Å². The molecule has 3 N–H and O–H groups in total. The first-order valence-corrected chi connectivity index (χ1v) is 9.87. The summed E-state index contributed by atoms with van der Waals surface area (Å²) in [4.78, 5) is 12.7. The Bertz CT molecular complexity index is 904. The fourth-order valence-electron chi connectivity index (χ4n) is 2.06. The van der Waals surface area contributed by atoms with Crippen molar-refractivity contribution in [1.82, 2.24) is 25.1 Å². The van der Waals surface area contributed by atoms with Crippen molar-refractivity contribution in [2.75, 3.05) is 18.2 Å². The van der Waals surface area contributed by atoms with Crippen LogP contribution in [0.5, 0.6) is 10.9 Å². The molecule has 2 heterocycles. The molecule has 0 fully saturated rings. The lowest BCUT2D eigenvalue weighted by Crippen LogP contribution is -2.07. The SMILES string of the molecule is COc1ccccc1Nc1nc(N)nc(CSc2nnc(OC(C)C)s2)n1. The van der Waals surface area contributed by atoms with Crippen molar-refractivity contribution in [2.45, 2.75) is 30.0 Å². The van der Waals surface area contributed by atoms with Gasteiger partial charge in [-0.05, 0) is 37.3 Å². The third kappa shape index (κ3) is 5.41. The second-order valence-corrected chi connectivity index (χ2v) is 7.71. The monoisotopic (exact) mass is 405 g/mol. The lowest BCUT2D eigenvalue weighted by Gasteiger charge is -2.10. The highest BCUT2D eigenvalue weighted by atomic mass is 32.2. The van der Waals surface area contributed by atoms with Gasteiger partial charge in [0.1, 0.15) is 11.6 Å². The van der Waals surface area contributed by atoms with E-state index < -0.39 is 0 Å². The Labute approximate surface area is 164 Å². The van der Waals surface area contributed by atoms with Crippen molar-refractivity contribution in [2.24, 2.45) is 0 Å². The number of benzene rings is 1. The molecule has 0 unspecified atom stereocenters. The second-order valence-electron chi connectivity index (χ2n) is 5.55. The van der Waals surface area contributed by atoms with Crippen LogP contribution in [0.3, 0.4) is 0 Å². The lowest BCUT2D eigenvalue weighted by atomic mass is 10.3. The predicted octanol–water partition coefficient (Wildman–Crippen LogP) is 3.14. The van der Waals surface area contributed by atoms with Gasteiger partial charge in [-0.15, -0.1) is 5.10 Å². The highest BCUT2D eigenvalue weighted by Crippen LogP contribution is 2.30. The van der Waals surface area contributed by atoms with Crippen molar-refractivity contribution in [3.05, 3.63) is 30.1 Å². The van der Waals surface area contributed by atoms with Crippen LogP contribution >= 0.6 is 23.1 Å². The van der Waals surface area contributed by atoms with Crippen LogP contribution in [-0.4, -0.2) is 38.4 Å². The van der Waals surface area contributed by atoms with Gasteiger partial charge < -0.3 is 20.5 Å². The van der Waals surface area contributed by atoms with E-state index in [0.29, 0.717) is 28.5 Å². The number of nitrogens with one attached hydrogen (secondary N) is 1. The number of thioether (sulfide) groups is 1. The number of nitrogen functional groups attached to an aromatic ring is 1. The predicted molar refractivity (Wildman–Crippen MR) is 106 cm³/mol. The van der Waals surface area contributed by atoms with Crippen LogP contribution in [0.4, 0.5) is 17.6 Å². The van der Waals surface area contributed by atoms with Gasteiger partial charge in [0.15, 0.2) is 4.34 Å². The summed E-state index contributed by atoms with van der Waals surface area (Å²) < 4.78 is 11.6. The number of nitrogens with zero attached hydrogens (tertiary/aromatic N) is 5. The number of hydrogen-bond acceptors (Lipinski definition) is 11. The fraction of sp³-hybridized carbons (Fsp3) is 0.312. The van der Waals surface area contributed by atoms with Crippen LogP contribution in [0.15, 0.2) is 28.6 Å². The van der Waals surface area contributed by atoms with Gasteiger partial charge in [-0.2, -0.15) is 15.0 Å². The summed E-state index contributed by atoms with van der Waals surface area (Å²) in [6.45, 7) is 3.89. The molecule has 11 heteroatoms. The van der Waals surface area contributed by atoms with Gasteiger partial charge in [0.2, 0.25) is 11.9 Å². The summed E-state index contributed by atoms with van der Waals surface area (Å²) in [5.74, 6) is 2.18. The van der Waals surface area contributed by atoms with Crippen LogP contribution in [0.1, 0.15) is 19.7 Å². The van der Waals surface area contributed by atoms with Crippen molar-refractivity contribution in [3.63, 3.8) is 0 Å². The molecule has 0 saturated heterocycles. The molecule has 0 aliphatic heterocycles. The normalized spacial score (nSPS) is 10.8. The maximum absolute atomic E-state index is 5.82. The second kappa shape index (κ2) is 8.82. The molecule has 0 saturated carbocycles. The molecule has 0 spiro atoms. The summed E-state index contributed by atoms with van der Waals surface area (Å²) in [5, 5.41) is 11.7. The maximum atomic E-state index is 5.82. The largest absolute Gasteiger partial charge is 0.495 e. The number of nitrogens with two attached hydrogens (primary N) is 1. The van der Waals surface area contributed by atoms with Crippen molar-refractivity contribution < 1.29 is 9.47 Å². The zero-order chi connectivity index (χ0) is 19.2. The van der Waals surface area contributed by atoms with Gasteiger partial charge in [-0.1, -0.05) is 29.0 Å². The van der Waals surface area contributed by atoms with E-state index in [9.17, 15) is 0 Å². The molecule has 0 atom stereocenters. The van der Waals surface area contributed by atoms with E-state index in [4.69, 9.17) is 15.2 Å². The number of aromatic nitrogens is 5. The molecule has 27 heavy (non-hydrogen) atoms. The standard InChI is InChI=1S/C16H19N7O2S2/c1-9(2)25-15-22-23-16(27-15)26-8-12-19-13(17)21-14(20-12)18-10-6-4-5-7-11(10)24-3/h4-7,9H,8H2,1-3H3,(H3,17,18,19,20,21). The number of methoxy groups -OCH3 is 1. The zero-order valence-electron chi connectivity index (χ0n) is 15.0. The Kier molecular flexibility index (Phi) is 6.24. The first-order chi connectivity index (χ1) is 13.0. The molecule has 0 radical (unpaired) electrons. The Balaban J connectivity index is 1.69.